The molecule has 0 atom stereocenters. The van der Waals surface area contributed by atoms with Gasteiger partial charge < -0.3 is 14.5 Å². The molecule has 1 fully saturated rings. The molecule has 1 saturated heterocycles. The third-order valence-corrected chi connectivity index (χ3v) is 2.87. The number of urea groups is 1. The van der Waals surface area contributed by atoms with Crippen molar-refractivity contribution in [3.63, 3.8) is 0 Å². The fourth-order valence-corrected chi connectivity index (χ4v) is 1.97. The number of rotatable bonds is 3. The Bertz CT molecular complexity index is 260. The van der Waals surface area contributed by atoms with Gasteiger partial charge in [-0.3, -0.25) is 4.79 Å². The van der Waals surface area contributed by atoms with Gasteiger partial charge in [-0.25, -0.2) is 4.79 Å². The summed E-state index contributed by atoms with van der Waals surface area (Å²) in [6.07, 6.45) is 4.48. The van der Waals surface area contributed by atoms with Gasteiger partial charge in [-0.15, -0.1) is 0 Å². The summed E-state index contributed by atoms with van der Waals surface area (Å²) >= 11 is 0. The van der Waals surface area contributed by atoms with Crippen LogP contribution >= 0.6 is 0 Å². The highest BCUT2D eigenvalue weighted by molar-refractivity contribution is 5.80. The van der Waals surface area contributed by atoms with Crippen molar-refractivity contribution >= 4 is 12.0 Å². The second-order valence-electron chi connectivity index (χ2n) is 4.34. The molecule has 0 saturated carbocycles. The zero-order chi connectivity index (χ0) is 12.7. The molecule has 1 aliphatic heterocycles. The molecule has 0 aliphatic carbocycles. The van der Waals surface area contributed by atoms with E-state index < -0.39 is 0 Å². The van der Waals surface area contributed by atoms with Gasteiger partial charge in [0.2, 0.25) is 0 Å². The first kappa shape index (κ1) is 13.8. The molecule has 0 radical (unpaired) electrons. The smallest absolute Gasteiger partial charge is 0.325 e. The third-order valence-electron chi connectivity index (χ3n) is 2.87. The summed E-state index contributed by atoms with van der Waals surface area (Å²) in [5.74, 6) is -0.349. The molecule has 1 heterocycles. The molecular formula is C12H22N2O3. The molecule has 98 valence electrons. The summed E-state index contributed by atoms with van der Waals surface area (Å²) < 4.78 is 4.82. The quantitative estimate of drug-likeness (QED) is 0.704. The van der Waals surface area contributed by atoms with Crippen molar-refractivity contribution < 1.29 is 14.3 Å². The number of carbonyl (C=O) groups is 2. The highest BCUT2D eigenvalue weighted by Gasteiger charge is 2.20. The lowest BCUT2D eigenvalue weighted by atomic mass is 10.2. The first-order chi connectivity index (χ1) is 8.15. The van der Waals surface area contributed by atoms with Gasteiger partial charge in [0.1, 0.15) is 6.54 Å². The Morgan fingerprint density at radius 3 is 2.29 bits per heavy atom. The topological polar surface area (TPSA) is 49.9 Å². The van der Waals surface area contributed by atoms with Crippen LogP contribution < -0.4 is 0 Å². The van der Waals surface area contributed by atoms with Gasteiger partial charge in [0.15, 0.2) is 0 Å². The summed E-state index contributed by atoms with van der Waals surface area (Å²) in [6, 6.07) is -0.0695. The molecule has 1 rings (SSSR count). The minimum Gasteiger partial charge on any atom is -0.465 e. The molecule has 0 N–H and O–H groups in total. The molecule has 0 aromatic heterocycles. The van der Waals surface area contributed by atoms with Crippen LogP contribution in [0.1, 0.15) is 32.6 Å². The molecule has 5 heteroatoms. The van der Waals surface area contributed by atoms with Gasteiger partial charge in [-0.2, -0.15) is 0 Å². The summed E-state index contributed by atoms with van der Waals surface area (Å²) in [6.45, 7) is 3.74. The van der Waals surface area contributed by atoms with Gasteiger partial charge in [-0.1, -0.05) is 12.8 Å². The lowest BCUT2D eigenvalue weighted by molar-refractivity contribution is -0.143. The van der Waals surface area contributed by atoms with Crippen LogP contribution in [-0.2, 0) is 9.53 Å². The van der Waals surface area contributed by atoms with Crippen molar-refractivity contribution in [2.24, 2.45) is 0 Å². The van der Waals surface area contributed by atoms with E-state index in [4.69, 9.17) is 4.74 Å². The number of likely N-dealkylation sites (N-methyl/N-ethyl adjacent to an activating group) is 1. The Balaban J connectivity index is 2.41. The van der Waals surface area contributed by atoms with Gasteiger partial charge in [0.25, 0.3) is 0 Å². The fraction of sp³-hybridized carbons (Fsp3) is 0.833. The van der Waals surface area contributed by atoms with Crippen molar-refractivity contribution in [1.82, 2.24) is 9.80 Å². The van der Waals surface area contributed by atoms with E-state index in [0.29, 0.717) is 6.61 Å². The van der Waals surface area contributed by atoms with Crippen LogP contribution in [0.25, 0.3) is 0 Å². The van der Waals surface area contributed by atoms with Crippen molar-refractivity contribution in [3.8, 4) is 0 Å². The van der Waals surface area contributed by atoms with Crippen molar-refractivity contribution in [3.05, 3.63) is 0 Å². The fourth-order valence-electron chi connectivity index (χ4n) is 1.97. The molecule has 2 amide bonds. The van der Waals surface area contributed by atoms with E-state index in [1.807, 2.05) is 4.90 Å². The highest BCUT2D eigenvalue weighted by atomic mass is 16.5. The average Bonchev–Trinajstić information content (AvgIpc) is 2.56. The summed E-state index contributed by atoms with van der Waals surface area (Å²) in [7, 11) is 1.64. The Morgan fingerprint density at radius 1 is 1.18 bits per heavy atom. The number of carbonyl (C=O) groups excluding carboxylic acids is 2. The average molecular weight is 242 g/mol. The van der Waals surface area contributed by atoms with Crippen LogP contribution in [0.5, 0.6) is 0 Å². The standard InChI is InChI=1S/C12H22N2O3/c1-3-17-11(15)10-13(2)12(16)14-8-6-4-5-7-9-14/h3-10H2,1-2H3. The molecule has 0 aromatic carbocycles. The lowest BCUT2D eigenvalue weighted by Crippen LogP contribution is -2.43. The SMILES string of the molecule is CCOC(=O)CN(C)C(=O)N1CCCCCC1. The number of amides is 2. The van der Waals surface area contributed by atoms with E-state index in [0.717, 1.165) is 25.9 Å². The molecule has 1 aliphatic rings. The second-order valence-corrected chi connectivity index (χ2v) is 4.34. The Hall–Kier alpha value is -1.26. The van der Waals surface area contributed by atoms with Crippen LogP contribution in [0, 0.1) is 0 Å². The van der Waals surface area contributed by atoms with E-state index in [9.17, 15) is 9.59 Å². The monoisotopic (exact) mass is 242 g/mol. The zero-order valence-corrected chi connectivity index (χ0v) is 10.8. The van der Waals surface area contributed by atoms with Crippen molar-refractivity contribution in [2.45, 2.75) is 32.6 Å². The summed E-state index contributed by atoms with van der Waals surface area (Å²) in [5, 5.41) is 0. The van der Waals surface area contributed by atoms with E-state index in [-0.39, 0.29) is 18.5 Å². The van der Waals surface area contributed by atoms with Gasteiger partial charge in [0.05, 0.1) is 6.61 Å². The molecule has 0 spiro atoms. The minimum atomic E-state index is -0.349. The van der Waals surface area contributed by atoms with E-state index in [1.165, 1.54) is 17.7 Å². The molecule has 0 bridgehead atoms. The zero-order valence-electron chi connectivity index (χ0n) is 10.8. The predicted molar refractivity (Wildman–Crippen MR) is 64.7 cm³/mol. The Kier molecular flexibility index (Phi) is 5.80. The van der Waals surface area contributed by atoms with Crippen LogP contribution in [0.3, 0.4) is 0 Å². The predicted octanol–water partition coefficient (Wildman–Crippen LogP) is 1.48. The summed E-state index contributed by atoms with van der Waals surface area (Å²) in [4.78, 5) is 26.6. The molecule has 17 heavy (non-hydrogen) atoms. The maximum absolute atomic E-state index is 12.0. The summed E-state index contributed by atoms with van der Waals surface area (Å²) in [5.41, 5.74) is 0. The van der Waals surface area contributed by atoms with Gasteiger partial charge in [-0.05, 0) is 19.8 Å². The number of ether oxygens (including phenoxy) is 1. The molecule has 0 unspecified atom stereocenters. The van der Waals surface area contributed by atoms with Crippen molar-refractivity contribution in [2.75, 3.05) is 33.3 Å². The first-order valence-corrected chi connectivity index (χ1v) is 6.30. The van der Waals surface area contributed by atoms with Gasteiger partial charge in [0, 0.05) is 20.1 Å². The second kappa shape index (κ2) is 7.14. The van der Waals surface area contributed by atoms with Crippen LogP contribution in [0.15, 0.2) is 0 Å². The lowest BCUT2D eigenvalue weighted by Gasteiger charge is -2.26. The number of nitrogens with zero attached hydrogens (tertiary/aromatic N) is 2. The maximum Gasteiger partial charge on any atom is 0.325 e. The Labute approximate surface area is 103 Å². The van der Waals surface area contributed by atoms with Crippen LogP contribution in [0.4, 0.5) is 4.79 Å². The minimum absolute atomic E-state index is 0.0309. The van der Waals surface area contributed by atoms with E-state index in [2.05, 4.69) is 0 Å². The molecule has 5 nitrogen and oxygen atoms in total. The first-order valence-electron chi connectivity index (χ1n) is 6.30. The Morgan fingerprint density at radius 2 is 1.76 bits per heavy atom. The van der Waals surface area contributed by atoms with Gasteiger partial charge >= 0.3 is 12.0 Å². The van der Waals surface area contributed by atoms with Crippen LogP contribution in [0.2, 0.25) is 0 Å². The van der Waals surface area contributed by atoms with Crippen LogP contribution in [-0.4, -0.2) is 55.1 Å². The maximum atomic E-state index is 12.0. The number of hydrogen-bond donors (Lipinski definition) is 0. The number of likely N-dealkylation sites (tertiary alicyclic amines) is 1. The molecule has 0 aromatic rings. The largest absolute Gasteiger partial charge is 0.465 e. The van der Waals surface area contributed by atoms with E-state index in [1.54, 1.807) is 14.0 Å². The highest BCUT2D eigenvalue weighted by Crippen LogP contribution is 2.11. The number of esters is 1. The normalized spacial score (nSPS) is 16.2. The molecular weight excluding hydrogens is 220 g/mol. The van der Waals surface area contributed by atoms with Crippen molar-refractivity contribution in [1.29, 1.82) is 0 Å². The third kappa shape index (κ3) is 4.63. The number of hydrogen-bond acceptors (Lipinski definition) is 3. The van der Waals surface area contributed by atoms with E-state index >= 15 is 0 Å².